The molecular formula is C36H68I2O3. The van der Waals surface area contributed by atoms with Crippen LogP contribution in [0, 0.1) is 0 Å². The van der Waals surface area contributed by atoms with Gasteiger partial charge in [0.2, 0.25) is 0 Å². The summed E-state index contributed by atoms with van der Waals surface area (Å²) in [6.45, 7) is 0. The fraction of sp³-hybridized carbons (Fsp3) is 0.889. The molecule has 0 rings (SSSR count). The fourth-order valence-corrected chi connectivity index (χ4v) is 6.21. The molecular weight excluding hydrogens is 734 g/mol. The Hall–Kier alpha value is 0.820. The molecule has 244 valence electrons. The van der Waals surface area contributed by atoms with E-state index in [0.29, 0.717) is 0 Å². The van der Waals surface area contributed by atoms with Gasteiger partial charge in [-0.2, -0.15) is 0 Å². The van der Waals surface area contributed by atoms with Gasteiger partial charge in [-0.1, -0.05) is 172 Å². The van der Waals surface area contributed by atoms with Gasteiger partial charge in [-0.05, 0) is 60.2 Å². The van der Waals surface area contributed by atoms with Crippen LogP contribution in [0.5, 0.6) is 0 Å². The summed E-state index contributed by atoms with van der Waals surface area (Å²) in [6, 6.07) is 0. The van der Waals surface area contributed by atoms with Gasteiger partial charge in [0, 0.05) is 27.1 Å². The minimum absolute atomic E-state index is 0.203. The molecule has 0 radical (unpaired) electrons. The van der Waals surface area contributed by atoms with E-state index in [1.54, 1.807) is 14.2 Å². The van der Waals surface area contributed by atoms with Crippen LogP contribution in [0.3, 0.4) is 0 Å². The van der Waals surface area contributed by atoms with Crippen molar-refractivity contribution in [3.05, 3.63) is 24.3 Å². The second-order valence-electron chi connectivity index (χ2n) is 11.6. The summed E-state index contributed by atoms with van der Waals surface area (Å²) in [7, 11) is 3.47. The van der Waals surface area contributed by atoms with E-state index in [1.165, 1.54) is 150 Å². The van der Waals surface area contributed by atoms with Crippen LogP contribution >= 0.6 is 45.2 Å². The van der Waals surface area contributed by atoms with Crippen molar-refractivity contribution in [3.63, 3.8) is 0 Å². The van der Waals surface area contributed by atoms with E-state index in [-0.39, 0.29) is 12.6 Å². The van der Waals surface area contributed by atoms with Crippen LogP contribution in [-0.2, 0) is 14.2 Å². The fourth-order valence-electron chi connectivity index (χ4n) is 5.13. The molecule has 0 saturated carbocycles. The monoisotopic (exact) mass is 802 g/mol. The zero-order valence-corrected chi connectivity index (χ0v) is 31.6. The molecule has 0 spiro atoms. The van der Waals surface area contributed by atoms with Crippen LogP contribution in [0.15, 0.2) is 24.3 Å². The molecule has 0 aliphatic carbocycles. The highest BCUT2D eigenvalue weighted by Gasteiger charge is 2.14. The Morgan fingerprint density at radius 1 is 0.390 bits per heavy atom. The first kappa shape index (κ1) is 41.8. The maximum Gasteiger partial charge on any atom is 0.160 e. The molecule has 0 aliphatic heterocycles. The SMILES string of the molecule is COC(CCC=CCCCCCCCCCCCCI)OC(CCC=CCCCCCCCCCCCCI)OC. The third-order valence-electron chi connectivity index (χ3n) is 7.81. The second kappa shape index (κ2) is 37.0. The van der Waals surface area contributed by atoms with Crippen molar-refractivity contribution in [2.24, 2.45) is 0 Å². The molecule has 0 aromatic carbocycles. The van der Waals surface area contributed by atoms with Gasteiger partial charge in [0.05, 0.1) is 0 Å². The minimum Gasteiger partial charge on any atom is -0.356 e. The number of hydrogen-bond donors (Lipinski definition) is 0. The summed E-state index contributed by atoms with van der Waals surface area (Å²) in [5.41, 5.74) is 0. The highest BCUT2D eigenvalue weighted by molar-refractivity contribution is 14.1. The molecule has 0 N–H and O–H groups in total. The van der Waals surface area contributed by atoms with Crippen molar-refractivity contribution in [1.29, 1.82) is 0 Å². The van der Waals surface area contributed by atoms with Gasteiger partial charge in [0.15, 0.2) is 12.6 Å². The van der Waals surface area contributed by atoms with Crippen molar-refractivity contribution in [2.75, 3.05) is 23.1 Å². The Morgan fingerprint density at radius 3 is 0.951 bits per heavy atom. The van der Waals surface area contributed by atoms with Crippen molar-refractivity contribution in [1.82, 2.24) is 0 Å². The lowest BCUT2D eigenvalue weighted by Crippen LogP contribution is -2.25. The summed E-state index contributed by atoms with van der Waals surface area (Å²) < 4.78 is 19.9. The standard InChI is InChI=1S/C36H68I2O3/c1-39-35(31-27-23-19-15-11-7-3-5-9-13-17-21-25-29-33-37)41-36(40-2)32-28-24-20-16-12-8-4-6-10-14-18-22-26-30-34-38/h19-20,23-24,35-36H,3-18,21-22,25-34H2,1-2H3. The first-order valence-corrected chi connectivity index (χ1v) is 20.5. The van der Waals surface area contributed by atoms with Gasteiger partial charge in [0.1, 0.15) is 0 Å². The number of alkyl halides is 2. The van der Waals surface area contributed by atoms with Crippen molar-refractivity contribution >= 4 is 45.2 Å². The average molecular weight is 803 g/mol. The molecule has 2 unspecified atom stereocenters. The van der Waals surface area contributed by atoms with Gasteiger partial charge in [-0.15, -0.1) is 0 Å². The van der Waals surface area contributed by atoms with E-state index in [1.807, 2.05) is 0 Å². The molecule has 0 fully saturated rings. The zero-order valence-electron chi connectivity index (χ0n) is 27.2. The van der Waals surface area contributed by atoms with E-state index in [0.717, 1.165) is 25.7 Å². The largest absolute Gasteiger partial charge is 0.356 e. The lowest BCUT2D eigenvalue weighted by Gasteiger charge is -2.22. The van der Waals surface area contributed by atoms with E-state index >= 15 is 0 Å². The lowest BCUT2D eigenvalue weighted by atomic mass is 10.1. The molecule has 2 atom stereocenters. The molecule has 0 saturated heterocycles. The van der Waals surface area contributed by atoms with Crippen molar-refractivity contribution in [3.8, 4) is 0 Å². The van der Waals surface area contributed by atoms with Crippen LogP contribution in [0.1, 0.15) is 167 Å². The van der Waals surface area contributed by atoms with E-state index in [9.17, 15) is 0 Å². The van der Waals surface area contributed by atoms with E-state index in [4.69, 9.17) is 14.2 Å². The lowest BCUT2D eigenvalue weighted by molar-refractivity contribution is -0.232. The second-order valence-corrected chi connectivity index (χ2v) is 13.7. The van der Waals surface area contributed by atoms with Crippen molar-refractivity contribution < 1.29 is 14.2 Å². The van der Waals surface area contributed by atoms with E-state index < -0.39 is 0 Å². The maximum atomic E-state index is 6.07. The summed E-state index contributed by atoms with van der Waals surface area (Å²) in [6.07, 6.45) is 43.1. The number of methoxy groups -OCH3 is 2. The van der Waals surface area contributed by atoms with Gasteiger partial charge < -0.3 is 14.2 Å². The first-order chi connectivity index (χ1) is 20.3. The van der Waals surface area contributed by atoms with Crippen LogP contribution < -0.4 is 0 Å². The number of ether oxygens (including phenoxy) is 3. The molecule has 0 heterocycles. The van der Waals surface area contributed by atoms with Gasteiger partial charge in [0.25, 0.3) is 0 Å². The van der Waals surface area contributed by atoms with Gasteiger partial charge in [-0.3, -0.25) is 0 Å². The van der Waals surface area contributed by atoms with Crippen LogP contribution in [0.2, 0.25) is 0 Å². The third kappa shape index (κ3) is 33.5. The number of rotatable bonds is 34. The highest BCUT2D eigenvalue weighted by Crippen LogP contribution is 2.15. The van der Waals surface area contributed by atoms with E-state index in [2.05, 4.69) is 69.5 Å². The van der Waals surface area contributed by atoms with Crippen LogP contribution in [-0.4, -0.2) is 35.7 Å². The molecule has 5 heteroatoms. The molecule has 0 bridgehead atoms. The topological polar surface area (TPSA) is 27.7 Å². The Bertz CT molecular complexity index is 495. The Labute approximate surface area is 284 Å². The van der Waals surface area contributed by atoms with Crippen molar-refractivity contribution in [2.45, 2.75) is 180 Å². The minimum atomic E-state index is -0.203. The summed E-state index contributed by atoms with van der Waals surface area (Å²) in [4.78, 5) is 0. The molecule has 41 heavy (non-hydrogen) atoms. The quantitative estimate of drug-likeness (QED) is 0.0213. The molecule has 0 amide bonds. The Balaban J connectivity index is 3.64. The number of hydrogen-bond acceptors (Lipinski definition) is 3. The molecule has 0 aromatic rings. The smallest absolute Gasteiger partial charge is 0.160 e. The zero-order chi connectivity index (χ0) is 29.9. The first-order valence-electron chi connectivity index (χ1n) is 17.4. The molecule has 0 aliphatic rings. The van der Waals surface area contributed by atoms with Gasteiger partial charge >= 0.3 is 0 Å². The normalized spacial score (nSPS) is 13.6. The van der Waals surface area contributed by atoms with Gasteiger partial charge in [-0.25, -0.2) is 0 Å². The number of unbranched alkanes of at least 4 members (excludes halogenated alkanes) is 20. The summed E-state index contributed by atoms with van der Waals surface area (Å²) in [5, 5.41) is 0. The summed E-state index contributed by atoms with van der Waals surface area (Å²) >= 11 is 4.97. The third-order valence-corrected chi connectivity index (χ3v) is 9.34. The molecule has 3 nitrogen and oxygen atoms in total. The predicted octanol–water partition coefficient (Wildman–Crippen LogP) is 13.1. The van der Waals surface area contributed by atoms with Crippen LogP contribution in [0.4, 0.5) is 0 Å². The number of halogens is 2. The predicted molar refractivity (Wildman–Crippen MR) is 199 cm³/mol. The molecule has 0 aromatic heterocycles. The Morgan fingerprint density at radius 2 is 0.659 bits per heavy atom. The maximum absolute atomic E-state index is 6.07. The average Bonchev–Trinajstić information content (AvgIpc) is 2.99. The number of allylic oxidation sites excluding steroid dienone is 4. The highest BCUT2D eigenvalue weighted by atomic mass is 127. The Kier molecular flexibility index (Phi) is 37.7. The summed E-state index contributed by atoms with van der Waals surface area (Å²) in [5.74, 6) is 0. The van der Waals surface area contributed by atoms with Crippen LogP contribution in [0.25, 0.3) is 0 Å².